The summed E-state index contributed by atoms with van der Waals surface area (Å²) in [5.74, 6) is 0.271. The Labute approximate surface area is 82.9 Å². The smallest absolute Gasteiger partial charge is 0.132 e. The highest BCUT2D eigenvalue weighted by Gasteiger charge is 2.02. The molecule has 0 atom stereocenters. The first-order valence-corrected chi connectivity index (χ1v) is 4.72. The molecule has 13 heavy (non-hydrogen) atoms. The van der Waals surface area contributed by atoms with Gasteiger partial charge < -0.3 is 0 Å². The molecule has 0 aromatic carbocycles. The van der Waals surface area contributed by atoms with Gasteiger partial charge >= 0.3 is 0 Å². The maximum absolute atomic E-state index is 11.0. The standard InChI is InChI=1S/C10H12ClNO/c1-2-9(13)4-3-8-5-6-12-7-10(8)11/h5-7H,2-4H2,1H3. The third-order valence-corrected chi connectivity index (χ3v) is 2.26. The number of Topliss-reactive ketones (excluding diaryl/α,β-unsaturated/α-hetero) is 1. The highest BCUT2D eigenvalue weighted by atomic mass is 35.5. The summed E-state index contributed by atoms with van der Waals surface area (Å²) in [6.45, 7) is 1.87. The Morgan fingerprint density at radius 3 is 3.00 bits per heavy atom. The van der Waals surface area contributed by atoms with E-state index in [1.807, 2.05) is 13.0 Å². The summed E-state index contributed by atoms with van der Waals surface area (Å²) >= 11 is 5.88. The highest BCUT2D eigenvalue weighted by Crippen LogP contribution is 2.15. The fourth-order valence-electron chi connectivity index (χ4n) is 1.06. The molecule has 0 bridgehead atoms. The molecule has 0 amide bonds. The molecular weight excluding hydrogens is 186 g/mol. The van der Waals surface area contributed by atoms with Crippen LogP contribution in [0, 0.1) is 0 Å². The number of aromatic nitrogens is 1. The van der Waals surface area contributed by atoms with Crippen molar-refractivity contribution in [1.29, 1.82) is 0 Å². The van der Waals surface area contributed by atoms with Crippen LogP contribution in [0.25, 0.3) is 0 Å². The molecule has 2 nitrogen and oxygen atoms in total. The van der Waals surface area contributed by atoms with E-state index in [0.717, 1.165) is 5.56 Å². The lowest BCUT2D eigenvalue weighted by Gasteiger charge is -2.01. The number of carbonyl (C=O) groups excluding carboxylic acids is 1. The lowest BCUT2D eigenvalue weighted by atomic mass is 10.1. The number of nitrogens with zero attached hydrogens (tertiary/aromatic N) is 1. The SMILES string of the molecule is CCC(=O)CCc1ccncc1Cl. The fraction of sp³-hybridized carbons (Fsp3) is 0.400. The van der Waals surface area contributed by atoms with Crippen molar-refractivity contribution in [3.8, 4) is 0 Å². The molecule has 0 radical (unpaired) electrons. The van der Waals surface area contributed by atoms with Gasteiger partial charge in [-0.25, -0.2) is 0 Å². The minimum absolute atomic E-state index is 0.271. The Morgan fingerprint density at radius 2 is 2.38 bits per heavy atom. The van der Waals surface area contributed by atoms with Gasteiger partial charge in [0.2, 0.25) is 0 Å². The first-order valence-electron chi connectivity index (χ1n) is 4.34. The zero-order valence-electron chi connectivity index (χ0n) is 7.59. The highest BCUT2D eigenvalue weighted by molar-refractivity contribution is 6.31. The lowest BCUT2D eigenvalue weighted by molar-refractivity contribution is -0.118. The van der Waals surface area contributed by atoms with Crippen LogP contribution in [0.3, 0.4) is 0 Å². The second-order valence-corrected chi connectivity index (χ2v) is 3.27. The van der Waals surface area contributed by atoms with Crippen molar-refractivity contribution < 1.29 is 4.79 Å². The van der Waals surface area contributed by atoms with Crippen LogP contribution >= 0.6 is 11.6 Å². The number of carbonyl (C=O) groups is 1. The lowest BCUT2D eigenvalue weighted by Crippen LogP contribution is -1.98. The van der Waals surface area contributed by atoms with Crippen LogP contribution in [0.4, 0.5) is 0 Å². The quantitative estimate of drug-likeness (QED) is 0.743. The van der Waals surface area contributed by atoms with Crippen LogP contribution in [0.2, 0.25) is 5.02 Å². The zero-order valence-corrected chi connectivity index (χ0v) is 8.34. The molecule has 70 valence electrons. The van der Waals surface area contributed by atoms with Crippen molar-refractivity contribution in [3.05, 3.63) is 29.0 Å². The Balaban J connectivity index is 2.54. The van der Waals surface area contributed by atoms with Gasteiger partial charge in [-0.2, -0.15) is 0 Å². The normalized spacial score (nSPS) is 10.0. The van der Waals surface area contributed by atoms with Gasteiger partial charge in [0.1, 0.15) is 5.78 Å². The van der Waals surface area contributed by atoms with E-state index in [2.05, 4.69) is 4.98 Å². The Bertz CT molecular complexity index is 299. The van der Waals surface area contributed by atoms with Gasteiger partial charge in [0.25, 0.3) is 0 Å². The van der Waals surface area contributed by atoms with Gasteiger partial charge in [0.05, 0.1) is 5.02 Å². The van der Waals surface area contributed by atoms with Crippen LogP contribution < -0.4 is 0 Å². The fourth-order valence-corrected chi connectivity index (χ4v) is 1.27. The monoisotopic (exact) mass is 197 g/mol. The van der Waals surface area contributed by atoms with E-state index in [9.17, 15) is 4.79 Å². The number of hydrogen-bond acceptors (Lipinski definition) is 2. The molecule has 1 heterocycles. The second kappa shape index (κ2) is 4.97. The summed E-state index contributed by atoms with van der Waals surface area (Å²) in [6, 6.07) is 1.85. The van der Waals surface area contributed by atoms with Crippen LogP contribution in [0.1, 0.15) is 25.3 Å². The maximum Gasteiger partial charge on any atom is 0.132 e. The van der Waals surface area contributed by atoms with Crippen LogP contribution in [-0.4, -0.2) is 10.8 Å². The van der Waals surface area contributed by atoms with Crippen molar-refractivity contribution in [3.63, 3.8) is 0 Å². The molecule has 1 rings (SSSR count). The predicted molar refractivity (Wildman–Crippen MR) is 52.9 cm³/mol. The maximum atomic E-state index is 11.0. The topological polar surface area (TPSA) is 30.0 Å². The molecule has 0 N–H and O–H groups in total. The number of ketones is 1. The third-order valence-electron chi connectivity index (χ3n) is 1.92. The van der Waals surface area contributed by atoms with Crippen molar-refractivity contribution >= 4 is 17.4 Å². The van der Waals surface area contributed by atoms with E-state index >= 15 is 0 Å². The Hall–Kier alpha value is -0.890. The number of aryl methyl sites for hydroxylation is 1. The zero-order chi connectivity index (χ0) is 9.68. The van der Waals surface area contributed by atoms with Gasteiger partial charge in [-0.05, 0) is 18.1 Å². The van der Waals surface area contributed by atoms with Gasteiger partial charge in [-0.15, -0.1) is 0 Å². The summed E-state index contributed by atoms with van der Waals surface area (Å²) in [6.07, 6.45) is 5.18. The Kier molecular flexibility index (Phi) is 3.90. The van der Waals surface area contributed by atoms with Gasteiger partial charge in [0.15, 0.2) is 0 Å². The number of hydrogen-bond donors (Lipinski definition) is 0. The summed E-state index contributed by atoms with van der Waals surface area (Å²) in [5.41, 5.74) is 0.999. The van der Waals surface area contributed by atoms with Crippen molar-refractivity contribution in [1.82, 2.24) is 4.98 Å². The van der Waals surface area contributed by atoms with E-state index in [4.69, 9.17) is 11.6 Å². The summed E-state index contributed by atoms with van der Waals surface area (Å²) in [5, 5.41) is 0.645. The van der Waals surface area contributed by atoms with E-state index in [-0.39, 0.29) is 5.78 Å². The summed E-state index contributed by atoms with van der Waals surface area (Å²) in [7, 11) is 0. The van der Waals surface area contributed by atoms with Crippen LogP contribution in [0.15, 0.2) is 18.5 Å². The molecule has 0 aliphatic heterocycles. The van der Waals surface area contributed by atoms with E-state index < -0.39 is 0 Å². The number of halogens is 1. The average Bonchev–Trinajstić information content (AvgIpc) is 2.16. The third kappa shape index (κ3) is 3.15. The molecule has 0 saturated carbocycles. The van der Waals surface area contributed by atoms with Gasteiger partial charge in [-0.3, -0.25) is 9.78 Å². The predicted octanol–water partition coefficient (Wildman–Crippen LogP) is 2.65. The number of rotatable bonds is 4. The minimum atomic E-state index is 0.271. The van der Waals surface area contributed by atoms with E-state index in [1.165, 1.54) is 0 Å². The second-order valence-electron chi connectivity index (χ2n) is 2.86. The molecule has 0 fully saturated rings. The molecule has 1 aromatic rings. The molecule has 0 aliphatic rings. The number of pyridine rings is 1. The first kappa shape index (κ1) is 10.2. The molecule has 1 aromatic heterocycles. The van der Waals surface area contributed by atoms with Gasteiger partial charge in [-0.1, -0.05) is 18.5 Å². The van der Waals surface area contributed by atoms with Crippen LogP contribution in [-0.2, 0) is 11.2 Å². The molecule has 0 aliphatic carbocycles. The Morgan fingerprint density at radius 1 is 1.62 bits per heavy atom. The molecule has 0 saturated heterocycles. The van der Waals surface area contributed by atoms with Gasteiger partial charge in [0, 0.05) is 25.2 Å². The summed E-state index contributed by atoms with van der Waals surface area (Å²) < 4.78 is 0. The molecule has 3 heteroatoms. The minimum Gasteiger partial charge on any atom is -0.300 e. The summed E-state index contributed by atoms with van der Waals surface area (Å²) in [4.78, 5) is 14.9. The van der Waals surface area contributed by atoms with Crippen molar-refractivity contribution in [2.24, 2.45) is 0 Å². The van der Waals surface area contributed by atoms with E-state index in [1.54, 1.807) is 12.4 Å². The first-order chi connectivity index (χ1) is 6.24. The average molecular weight is 198 g/mol. The van der Waals surface area contributed by atoms with E-state index in [0.29, 0.717) is 24.3 Å². The largest absolute Gasteiger partial charge is 0.300 e. The molecule has 0 spiro atoms. The molecular formula is C10H12ClNO. The van der Waals surface area contributed by atoms with Crippen molar-refractivity contribution in [2.45, 2.75) is 26.2 Å². The van der Waals surface area contributed by atoms with Crippen LogP contribution in [0.5, 0.6) is 0 Å². The molecule has 0 unspecified atom stereocenters. The van der Waals surface area contributed by atoms with Crippen molar-refractivity contribution in [2.75, 3.05) is 0 Å².